The zero-order valence-electron chi connectivity index (χ0n) is 20.2. The first-order valence-corrected chi connectivity index (χ1v) is 11.6. The van der Waals surface area contributed by atoms with Crippen LogP contribution in [0.1, 0.15) is 32.0 Å². The summed E-state index contributed by atoms with van der Waals surface area (Å²) in [6, 6.07) is 5.90. The first-order valence-electron chi connectivity index (χ1n) is 11.6. The number of aryl methyl sites for hydroxylation is 1. The fraction of sp³-hybridized carbons (Fsp3) is 0.240. The molecule has 39 heavy (non-hydrogen) atoms. The number of pyridine rings is 1. The van der Waals surface area contributed by atoms with E-state index in [1.165, 1.54) is 36.2 Å². The number of halogens is 5. The van der Waals surface area contributed by atoms with Gasteiger partial charge in [-0.15, -0.1) is 0 Å². The largest absolute Gasteiger partial charge is 0.418 e. The first-order chi connectivity index (χ1) is 18.4. The predicted molar refractivity (Wildman–Crippen MR) is 129 cm³/mol. The second kappa shape index (κ2) is 9.60. The summed E-state index contributed by atoms with van der Waals surface area (Å²) in [5.41, 5.74) is 4.71. The van der Waals surface area contributed by atoms with Gasteiger partial charge in [-0.1, -0.05) is 0 Å². The highest BCUT2D eigenvalue weighted by atomic mass is 19.4. The maximum Gasteiger partial charge on any atom is 0.418 e. The van der Waals surface area contributed by atoms with Crippen molar-refractivity contribution >= 4 is 23.1 Å². The molecule has 1 aliphatic rings. The molecule has 3 N–H and O–H groups in total. The van der Waals surface area contributed by atoms with Crippen molar-refractivity contribution in [3.63, 3.8) is 0 Å². The van der Waals surface area contributed by atoms with Crippen LogP contribution in [0.3, 0.4) is 0 Å². The predicted octanol–water partition coefficient (Wildman–Crippen LogP) is 3.43. The van der Waals surface area contributed by atoms with Crippen molar-refractivity contribution in [1.29, 1.82) is 0 Å². The van der Waals surface area contributed by atoms with Crippen LogP contribution in [-0.4, -0.2) is 61.6 Å². The number of nitrogen functional groups attached to an aromatic ring is 1. The molecule has 202 valence electrons. The molecule has 2 amide bonds. The summed E-state index contributed by atoms with van der Waals surface area (Å²) in [5.74, 6) is -2.14. The Kier molecular flexibility index (Phi) is 6.40. The summed E-state index contributed by atoms with van der Waals surface area (Å²) in [5, 5.41) is 6.43. The summed E-state index contributed by atoms with van der Waals surface area (Å²) in [4.78, 5) is 34.8. The lowest BCUT2D eigenvalue weighted by Crippen LogP contribution is -2.42. The number of amides is 2. The zero-order valence-corrected chi connectivity index (χ0v) is 20.2. The third-order valence-electron chi connectivity index (χ3n) is 6.46. The minimum absolute atomic E-state index is 0.00597. The van der Waals surface area contributed by atoms with Gasteiger partial charge in [0.05, 0.1) is 35.1 Å². The van der Waals surface area contributed by atoms with Gasteiger partial charge in [-0.05, 0) is 43.3 Å². The minimum Gasteiger partial charge on any atom is -0.382 e. The third kappa shape index (κ3) is 4.84. The van der Waals surface area contributed by atoms with Gasteiger partial charge in [0.1, 0.15) is 23.8 Å². The molecule has 3 aromatic heterocycles. The molecule has 0 unspecified atom stereocenters. The number of alkyl halides is 4. The molecule has 0 saturated carbocycles. The lowest BCUT2D eigenvalue weighted by molar-refractivity contribution is -0.136. The van der Waals surface area contributed by atoms with Gasteiger partial charge in [0.2, 0.25) is 0 Å². The Labute approximate surface area is 217 Å². The molecular weight excluding hydrogens is 525 g/mol. The van der Waals surface area contributed by atoms with Crippen molar-refractivity contribution in [2.45, 2.75) is 25.3 Å². The maximum atomic E-state index is 14.8. The van der Waals surface area contributed by atoms with Crippen LogP contribution in [0.25, 0.3) is 16.8 Å². The number of hydrogen-bond acceptors (Lipinski definition) is 6. The fourth-order valence-electron chi connectivity index (χ4n) is 4.48. The van der Waals surface area contributed by atoms with E-state index in [1.807, 2.05) is 0 Å². The van der Waals surface area contributed by atoms with Crippen molar-refractivity contribution < 1.29 is 31.5 Å². The zero-order chi connectivity index (χ0) is 28.1. The molecule has 5 rings (SSSR count). The van der Waals surface area contributed by atoms with E-state index in [4.69, 9.17) is 5.73 Å². The van der Waals surface area contributed by atoms with Crippen LogP contribution < -0.4 is 11.1 Å². The van der Waals surface area contributed by atoms with Gasteiger partial charge in [0, 0.05) is 23.9 Å². The van der Waals surface area contributed by atoms with E-state index in [2.05, 4.69) is 20.4 Å². The number of benzene rings is 1. The van der Waals surface area contributed by atoms with Crippen LogP contribution in [0.4, 0.5) is 27.8 Å². The average Bonchev–Trinajstić information content (AvgIpc) is 3.46. The molecule has 0 radical (unpaired) electrons. The van der Waals surface area contributed by atoms with E-state index >= 15 is 0 Å². The van der Waals surface area contributed by atoms with Crippen LogP contribution in [-0.2, 0) is 6.18 Å². The highest BCUT2D eigenvalue weighted by molar-refractivity contribution is 5.97. The maximum absolute atomic E-state index is 14.8. The molecule has 1 fully saturated rings. The molecule has 1 aromatic carbocycles. The Morgan fingerprint density at radius 3 is 2.51 bits per heavy atom. The molecular formula is C25H20F5N7O2. The van der Waals surface area contributed by atoms with Crippen LogP contribution in [0.5, 0.6) is 0 Å². The van der Waals surface area contributed by atoms with E-state index in [0.717, 1.165) is 29.0 Å². The van der Waals surface area contributed by atoms with E-state index < -0.39 is 47.1 Å². The summed E-state index contributed by atoms with van der Waals surface area (Å²) in [6.45, 7) is 1.10. The number of carbonyl (C=O) groups excluding carboxylic acids is 2. The van der Waals surface area contributed by atoms with Crippen LogP contribution >= 0.6 is 0 Å². The van der Waals surface area contributed by atoms with E-state index in [-0.39, 0.29) is 47.0 Å². The number of fused-ring (bicyclic) bond motifs is 1. The molecule has 1 aliphatic heterocycles. The standard InChI is InChI=1S/C25H20F5N7O2/c1-12-16(23(38)35-19-10-36(9-18(19)27)24(39)13-2-4-15(26)5-3-13)6-14(8-32-12)20-7-17(25(28,29)30)21-22(31)33-11-34-37(20)21/h2-8,11,18-19H,9-10H2,1H3,(H,35,38)(H2,31,33,34)/t18-,19+/m1/s1. The number of likely N-dealkylation sites (tertiary alicyclic amines) is 1. The van der Waals surface area contributed by atoms with Gasteiger partial charge in [-0.3, -0.25) is 14.6 Å². The fourth-order valence-corrected chi connectivity index (χ4v) is 4.48. The molecule has 1 saturated heterocycles. The number of nitrogens with one attached hydrogen (secondary N) is 1. The highest BCUT2D eigenvalue weighted by Crippen LogP contribution is 2.38. The summed E-state index contributed by atoms with van der Waals surface area (Å²) < 4.78 is 70.0. The number of aromatic nitrogens is 4. The van der Waals surface area contributed by atoms with Gasteiger partial charge in [-0.25, -0.2) is 18.3 Å². The van der Waals surface area contributed by atoms with Gasteiger partial charge in [0.15, 0.2) is 5.82 Å². The summed E-state index contributed by atoms with van der Waals surface area (Å²) in [6.07, 6.45) is -4.06. The van der Waals surface area contributed by atoms with Crippen molar-refractivity contribution in [2.75, 3.05) is 18.8 Å². The number of carbonyl (C=O) groups is 2. The number of nitrogens with zero attached hydrogens (tertiary/aromatic N) is 5. The molecule has 0 spiro atoms. The van der Waals surface area contributed by atoms with Gasteiger partial charge in [-0.2, -0.15) is 18.3 Å². The molecule has 0 bridgehead atoms. The monoisotopic (exact) mass is 545 g/mol. The topological polar surface area (TPSA) is 119 Å². The van der Waals surface area contributed by atoms with E-state index in [0.29, 0.717) is 0 Å². The van der Waals surface area contributed by atoms with Gasteiger partial charge < -0.3 is 16.0 Å². The number of anilines is 1. The van der Waals surface area contributed by atoms with E-state index in [9.17, 15) is 31.5 Å². The average molecular weight is 545 g/mol. The van der Waals surface area contributed by atoms with Crippen molar-refractivity contribution in [1.82, 2.24) is 29.8 Å². The Bertz CT molecular complexity index is 1590. The molecule has 4 heterocycles. The molecule has 0 aliphatic carbocycles. The van der Waals surface area contributed by atoms with Crippen molar-refractivity contribution in [3.05, 3.63) is 77.1 Å². The first kappa shape index (κ1) is 26.0. The van der Waals surface area contributed by atoms with E-state index in [1.54, 1.807) is 0 Å². The smallest absolute Gasteiger partial charge is 0.382 e. The SMILES string of the molecule is Cc1ncc(-c2cc(C(F)(F)F)c3c(N)ncnn23)cc1C(=O)N[C@H]1CN(C(=O)c2ccc(F)cc2)C[C@H]1F. The normalized spacial score (nSPS) is 17.5. The third-order valence-corrected chi connectivity index (χ3v) is 6.46. The lowest BCUT2D eigenvalue weighted by Gasteiger charge is -2.17. The van der Waals surface area contributed by atoms with Crippen molar-refractivity contribution in [3.8, 4) is 11.3 Å². The molecule has 9 nitrogen and oxygen atoms in total. The summed E-state index contributed by atoms with van der Waals surface area (Å²) in [7, 11) is 0. The molecule has 4 aromatic rings. The number of rotatable bonds is 4. The number of hydrogen-bond donors (Lipinski definition) is 2. The Morgan fingerprint density at radius 1 is 1.10 bits per heavy atom. The highest BCUT2D eigenvalue weighted by Gasteiger charge is 2.38. The van der Waals surface area contributed by atoms with Crippen LogP contribution in [0.15, 0.2) is 48.9 Å². The molecule has 2 atom stereocenters. The van der Waals surface area contributed by atoms with Crippen LogP contribution in [0.2, 0.25) is 0 Å². The Hall–Kier alpha value is -4.62. The second-order valence-corrected chi connectivity index (χ2v) is 9.02. The van der Waals surface area contributed by atoms with Crippen LogP contribution in [0, 0.1) is 12.7 Å². The second-order valence-electron chi connectivity index (χ2n) is 9.02. The van der Waals surface area contributed by atoms with Gasteiger partial charge >= 0.3 is 6.18 Å². The lowest BCUT2D eigenvalue weighted by atomic mass is 10.1. The summed E-state index contributed by atoms with van der Waals surface area (Å²) >= 11 is 0. The minimum atomic E-state index is -4.75. The van der Waals surface area contributed by atoms with Crippen molar-refractivity contribution in [2.24, 2.45) is 0 Å². The quantitative estimate of drug-likeness (QED) is 0.380. The Balaban J connectivity index is 1.40. The Morgan fingerprint density at radius 2 is 1.82 bits per heavy atom. The number of nitrogens with two attached hydrogens (primary N) is 1. The molecule has 14 heteroatoms. The van der Waals surface area contributed by atoms with Gasteiger partial charge in [0.25, 0.3) is 11.8 Å².